The molecule has 3 saturated heterocycles. The van der Waals surface area contributed by atoms with E-state index >= 15 is 0 Å². The van der Waals surface area contributed by atoms with Crippen LogP contribution in [0.1, 0.15) is 55.3 Å². The number of benzene rings is 1. The van der Waals surface area contributed by atoms with Crippen LogP contribution in [0.15, 0.2) is 24.3 Å². The summed E-state index contributed by atoms with van der Waals surface area (Å²) in [5.74, 6) is 1.54. The van der Waals surface area contributed by atoms with E-state index in [2.05, 4.69) is 0 Å². The molecule has 158 valence electrons. The number of ether oxygens (including phenoxy) is 2. The van der Waals surface area contributed by atoms with Crippen LogP contribution >= 0.6 is 0 Å². The van der Waals surface area contributed by atoms with Crippen molar-refractivity contribution in [3.63, 3.8) is 0 Å². The second-order valence-electron chi connectivity index (χ2n) is 8.70. The van der Waals surface area contributed by atoms with Crippen molar-refractivity contribution in [1.29, 1.82) is 0 Å². The quantitative estimate of drug-likeness (QED) is 0.779. The zero-order valence-electron chi connectivity index (χ0n) is 17.4. The Bertz CT molecular complexity index is 719. The Morgan fingerprint density at radius 2 is 1.76 bits per heavy atom. The molecule has 3 fully saturated rings. The summed E-state index contributed by atoms with van der Waals surface area (Å²) in [4.78, 5) is 29.3. The molecule has 0 aromatic heterocycles. The molecule has 0 aliphatic carbocycles. The van der Waals surface area contributed by atoms with Crippen molar-refractivity contribution in [2.75, 3.05) is 39.9 Å². The van der Waals surface area contributed by atoms with Crippen molar-refractivity contribution in [3.8, 4) is 5.75 Å². The Morgan fingerprint density at radius 3 is 2.41 bits per heavy atom. The molecule has 4 rings (SSSR count). The average Bonchev–Trinajstić information content (AvgIpc) is 3.29. The van der Waals surface area contributed by atoms with Gasteiger partial charge in [0.05, 0.1) is 12.7 Å². The summed E-state index contributed by atoms with van der Waals surface area (Å²) in [5.41, 5.74) is 0.533. The van der Waals surface area contributed by atoms with E-state index < -0.39 is 0 Å². The van der Waals surface area contributed by atoms with E-state index in [-0.39, 0.29) is 11.5 Å². The molecule has 1 aromatic rings. The first-order valence-electron chi connectivity index (χ1n) is 10.9. The largest absolute Gasteiger partial charge is 0.497 e. The number of nitrogens with zero attached hydrogens (tertiary/aromatic N) is 2. The van der Waals surface area contributed by atoms with Gasteiger partial charge in [0, 0.05) is 44.8 Å². The highest BCUT2D eigenvalue weighted by Crippen LogP contribution is 2.39. The van der Waals surface area contributed by atoms with Crippen LogP contribution in [-0.2, 0) is 9.53 Å². The molecule has 1 aromatic carbocycles. The van der Waals surface area contributed by atoms with Gasteiger partial charge in [-0.1, -0.05) is 0 Å². The van der Waals surface area contributed by atoms with Gasteiger partial charge in [-0.25, -0.2) is 0 Å². The minimum absolute atomic E-state index is 0.0686. The Balaban J connectivity index is 1.31. The van der Waals surface area contributed by atoms with Gasteiger partial charge < -0.3 is 19.3 Å². The molecule has 6 heteroatoms. The second-order valence-corrected chi connectivity index (χ2v) is 8.70. The van der Waals surface area contributed by atoms with E-state index in [1.54, 1.807) is 7.11 Å². The smallest absolute Gasteiger partial charge is 0.253 e. The highest BCUT2D eigenvalue weighted by molar-refractivity contribution is 5.94. The van der Waals surface area contributed by atoms with Crippen LogP contribution in [0.5, 0.6) is 5.75 Å². The lowest BCUT2D eigenvalue weighted by molar-refractivity contribution is -0.140. The van der Waals surface area contributed by atoms with Gasteiger partial charge >= 0.3 is 0 Å². The summed E-state index contributed by atoms with van der Waals surface area (Å²) >= 11 is 0. The van der Waals surface area contributed by atoms with Crippen LogP contribution < -0.4 is 4.74 Å². The monoisotopic (exact) mass is 400 g/mol. The van der Waals surface area contributed by atoms with E-state index in [1.807, 2.05) is 34.1 Å². The Hall–Kier alpha value is -2.08. The highest BCUT2D eigenvalue weighted by Gasteiger charge is 2.42. The number of hydrogen-bond acceptors (Lipinski definition) is 4. The number of carbonyl (C=O) groups excluding carboxylic acids is 2. The van der Waals surface area contributed by atoms with Gasteiger partial charge in [-0.05, 0) is 68.7 Å². The first-order valence-corrected chi connectivity index (χ1v) is 10.9. The standard InChI is InChI=1S/C23H32N2O4/c1-28-20-6-4-19(5-7-20)22(27)25-13-9-23(10-14-25)17-18(8-15-29-23)16-21(26)24-11-2-3-12-24/h4-7,18H,2-3,8-17H2,1H3. The third kappa shape index (κ3) is 4.58. The molecule has 0 radical (unpaired) electrons. The second kappa shape index (κ2) is 8.74. The first-order chi connectivity index (χ1) is 14.1. The molecule has 3 aliphatic rings. The van der Waals surface area contributed by atoms with Gasteiger partial charge in [-0.3, -0.25) is 9.59 Å². The van der Waals surface area contributed by atoms with Crippen LogP contribution in [0.4, 0.5) is 0 Å². The number of likely N-dealkylation sites (tertiary alicyclic amines) is 2. The summed E-state index contributed by atoms with van der Waals surface area (Å²) in [6.07, 6.45) is 6.54. The molecular weight excluding hydrogens is 368 g/mol. The maximum atomic E-state index is 12.8. The number of methoxy groups -OCH3 is 1. The lowest BCUT2D eigenvalue weighted by Crippen LogP contribution is -2.51. The SMILES string of the molecule is COc1ccc(C(=O)N2CCC3(CC2)CC(CC(=O)N2CCCC2)CCO3)cc1. The summed E-state index contributed by atoms with van der Waals surface area (Å²) in [7, 11) is 1.62. The molecule has 1 unspecified atom stereocenters. The van der Waals surface area contributed by atoms with Crippen molar-refractivity contribution in [1.82, 2.24) is 9.80 Å². The lowest BCUT2D eigenvalue weighted by Gasteiger charge is -2.46. The van der Waals surface area contributed by atoms with Crippen LogP contribution in [0.25, 0.3) is 0 Å². The van der Waals surface area contributed by atoms with E-state index in [1.165, 1.54) is 0 Å². The van der Waals surface area contributed by atoms with Crippen molar-refractivity contribution >= 4 is 11.8 Å². The minimum atomic E-state index is -0.162. The Morgan fingerprint density at radius 1 is 1.07 bits per heavy atom. The number of amides is 2. The molecule has 29 heavy (non-hydrogen) atoms. The first kappa shape index (κ1) is 20.2. The zero-order chi connectivity index (χ0) is 20.3. The normalized spacial score (nSPS) is 24.0. The van der Waals surface area contributed by atoms with Crippen molar-refractivity contribution in [2.24, 2.45) is 5.92 Å². The van der Waals surface area contributed by atoms with Crippen molar-refractivity contribution < 1.29 is 19.1 Å². The Labute approximate surface area is 173 Å². The average molecular weight is 401 g/mol. The molecule has 1 atom stereocenters. The topological polar surface area (TPSA) is 59.1 Å². The predicted octanol–water partition coefficient (Wildman–Crippen LogP) is 3.11. The number of piperidine rings is 1. The van der Waals surface area contributed by atoms with E-state index in [4.69, 9.17) is 9.47 Å². The van der Waals surface area contributed by atoms with E-state index in [0.29, 0.717) is 36.9 Å². The molecule has 1 spiro atoms. The third-order valence-corrected chi connectivity index (χ3v) is 6.82. The fourth-order valence-corrected chi connectivity index (χ4v) is 5.03. The molecular formula is C23H32N2O4. The van der Waals surface area contributed by atoms with Crippen molar-refractivity contribution in [3.05, 3.63) is 29.8 Å². The van der Waals surface area contributed by atoms with E-state index in [9.17, 15) is 9.59 Å². The van der Waals surface area contributed by atoms with Crippen molar-refractivity contribution in [2.45, 2.75) is 50.5 Å². The molecule has 0 bridgehead atoms. The van der Waals surface area contributed by atoms with Gasteiger partial charge in [0.1, 0.15) is 5.75 Å². The summed E-state index contributed by atoms with van der Waals surface area (Å²) in [6.45, 7) is 3.99. The van der Waals surface area contributed by atoms with Gasteiger partial charge in [0.15, 0.2) is 0 Å². The fourth-order valence-electron chi connectivity index (χ4n) is 5.03. The van der Waals surface area contributed by atoms with Gasteiger partial charge in [0.2, 0.25) is 5.91 Å². The predicted molar refractivity (Wildman–Crippen MR) is 110 cm³/mol. The van der Waals surface area contributed by atoms with Crippen LogP contribution in [0, 0.1) is 5.92 Å². The molecule has 0 N–H and O–H groups in total. The summed E-state index contributed by atoms with van der Waals surface area (Å²) < 4.78 is 11.4. The fraction of sp³-hybridized carbons (Fsp3) is 0.652. The maximum Gasteiger partial charge on any atom is 0.253 e. The van der Waals surface area contributed by atoms with Gasteiger partial charge in [-0.15, -0.1) is 0 Å². The number of hydrogen-bond donors (Lipinski definition) is 0. The van der Waals surface area contributed by atoms with Crippen LogP contribution in [-0.4, -0.2) is 67.1 Å². The molecule has 3 heterocycles. The number of carbonyl (C=O) groups is 2. The molecule has 6 nitrogen and oxygen atoms in total. The maximum absolute atomic E-state index is 12.8. The minimum Gasteiger partial charge on any atom is -0.497 e. The third-order valence-electron chi connectivity index (χ3n) is 6.82. The lowest BCUT2D eigenvalue weighted by atomic mass is 9.78. The summed E-state index contributed by atoms with van der Waals surface area (Å²) in [5, 5.41) is 0. The summed E-state index contributed by atoms with van der Waals surface area (Å²) in [6, 6.07) is 7.29. The van der Waals surface area contributed by atoms with Crippen LogP contribution in [0.3, 0.4) is 0 Å². The Kier molecular flexibility index (Phi) is 6.09. The zero-order valence-corrected chi connectivity index (χ0v) is 17.4. The molecule has 2 amide bonds. The van der Waals surface area contributed by atoms with Crippen LogP contribution in [0.2, 0.25) is 0 Å². The number of rotatable bonds is 4. The van der Waals surface area contributed by atoms with Gasteiger partial charge in [-0.2, -0.15) is 0 Å². The van der Waals surface area contributed by atoms with Gasteiger partial charge in [0.25, 0.3) is 5.91 Å². The van der Waals surface area contributed by atoms with E-state index in [0.717, 1.165) is 64.0 Å². The molecule has 3 aliphatic heterocycles. The molecule has 0 saturated carbocycles. The highest BCUT2D eigenvalue weighted by atomic mass is 16.5.